The van der Waals surface area contributed by atoms with Gasteiger partial charge in [0.25, 0.3) is 0 Å². The molecule has 0 saturated heterocycles. The Bertz CT molecular complexity index is 1470. The Morgan fingerprint density at radius 1 is 1.17 bits per heavy atom. The van der Waals surface area contributed by atoms with Gasteiger partial charge in [0, 0.05) is 23.4 Å². The molecule has 2 heterocycles. The van der Waals surface area contributed by atoms with E-state index in [4.69, 9.17) is 4.74 Å². The summed E-state index contributed by atoms with van der Waals surface area (Å²) in [5, 5.41) is 2.57. The van der Waals surface area contributed by atoms with Crippen molar-refractivity contribution in [2.75, 3.05) is 25.6 Å². The minimum absolute atomic E-state index is 0.344. The molecular formula is C29H28N4O3. The molecule has 0 spiro atoms. The molecule has 182 valence electrons. The van der Waals surface area contributed by atoms with Gasteiger partial charge in [0.15, 0.2) is 0 Å². The van der Waals surface area contributed by atoms with Gasteiger partial charge in [0.1, 0.15) is 12.4 Å². The first kappa shape index (κ1) is 23.2. The molecule has 0 saturated carbocycles. The van der Waals surface area contributed by atoms with Gasteiger partial charge in [-0.05, 0) is 47.9 Å². The van der Waals surface area contributed by atoms with Gasteiger partial charge in [-0.15, -0.1) is 0 Å². The average Bonchev–Trinajstić information content (AvgIpc) is 3.17. The summed E-state index contributed by atoms with van der Waals surface area (Å²) in [7, 11) is 1.32. The van der Waals surface area contributed by atoms with Gasteiger partial charge >= 0.3 is 6.09 Å². The van der Waals surface area contributed by atoms with Gasteiger partial charge in [-0.25, -0.2) is 9.78 Å². The molecule has 1 aromatic heterocycles. The van der Waals surface area contributed by atoms with Crippen LogP contribution in [0.2, 0.25) is 0 Å². The van der Waals surface area contributed by atoms with Crippen LogP contribution in [0.4, 0.5) is 10.7 Å². The fourth-order valence-corrected chi connectivity index (χ4v) is 4.46. The molecule has 4 aromatic rings. The smallest absolute Gasteiger partial charge is 0.413 e. The fraction of sp³-hybridized carbons (Fsp3) is 0.172. The molecule has 0 bridgehead atoms. The Hall–Kier alpha value is -4.52. The molecule has 0 atom stereocenters. The summed E-state index contributed by atoms with van der Waals surface area (Å²) in [4.78, 5) is 21.3. The van der Waals surface area contributed by atoms with Crippen molar-refractivity contribution in [2.45, 2.75) is 13.5 Å². The lowest BCUT2D eigenvalue weighted by atomic mass is 10.0. The molecule has 1 aliphatic heterocycles. The van der Waals surface area contributed by atoms with Crippen LogP contribution >= 0.6 is 0 Å². The number of benzene rings is 3. The van der Waals surface area contributed by atoms with Crippen LogP contribution in [0.3, 0.4) is 0 Å². The number of methoxy groups -OCH3 is 1. The molecular weight excluding hydrogens is 452 g/mol. The van der Waals surface area contributed by atoms with E-state index in [0.29, 0.717) is 19.1 Å². The van der Waals surface area contributed by atoms with E-state index < -0.39 is 6.09 Å². The van der Waals surface area contributed by atoms with Crippen molar-refractivity contribution in [1.82, 2.24) is 14.9 Å². The number of H-pyrrole nitrogens is 1. The van der Waals surface area contributed by atoms with Crippen LogP contribution in [-0.2, 0) is 11.3 Å². The highest BCUT2D eigenvalue weighted by molar-refractivity contribution is 5.88. The van der Waals surface area contributed by atoms with E-state index in [1.165, 1.54) is 7.11 Å². The third kappa shape index (κ3) is 4.68. The van der Waals surface area contributed by atoms with Crippen molar-refractivity contribution in [3.05, 3.63) is 90.0 Å². The number of amides is 1. The number of hydrogen-bond donors (Lipinski definition) is 2. The molecule has 36 heavy (non-hydrogen) atoms. The number of nitrogens with one attached hydrogen (secondary N) is 2. The van der Waals surface area contributed by atoms with Crippen molar-refractivity contribution in [1.29, 1.82) is 0 Å². The molecule has 0 aliphatic carbocycles. The zero-order valence-corrected chi connectivity index (χ0v) is 20.4. The highest BCUT2D eigenvalue weighted by Gasteiger charge is 2.19. The summed E-state index contributed by atoms with van der Waals surface area (Å²) >= 11 is 0. The number of carbonyl (C=O) groups excluding carboxylic acids is 1. The summed E-state index contributed by atoms with van der Waals surface area (Å²) < 4.78 is 10.7. The maximum Gasteiger partial charge on any atom is 0.413 e. The SMILES string of the molecule is C=C(c1ccccc1/C=C\C)N1CCOc2ccc(-c3ccc4nc(NC(=O)OC)[nH]c4c3)cc2C1. The monoisotopic (exact) mass is 480 g/mol. The molecule has 1 aliphatic rings. The Morgan fingerprint density at radius 2 is 1.97 bits per heavy atom. The molecule has 7 heteroatoms. The van der Waals surface area contributed by atoms with E-state index >= 15 is 0 Å². The Kier molecular flexibility index (Phi) is 6.45. The van der Waals surface area contributed by atoms with Crippen molar-refractivity contribution in [3.63, 3.8) is 0 Å². The summed E-state index contributed by atoms with van der Waals surface area (Å²) in [5.74, 6) is 1.24. The Balaban J connectivity index is 1.43. The maximum atomic E-state index is 11.5. The van der Waals surface area contributed by atoms with Crippen LogP contribution in [0, 0.1) is 0 Å². The number of rotatable bonds is 5. The molecule has 0 fully saturated rings. The Labute approximate surface area is 210 Å². The summed E-state index contributed by atoms with van der Waals surface area (Å²) in [6.07, 6.45) is 3.59. The van der Waals surface area contributed by atoms with E-state index in [-0.39, 0.29) is 0 Å². The highest BCUT2D eigenvalue weighted by Crippen LogP contribution is 2.33. The van der Waals surface area contributed by atoms with E-state index in [9.17, 15) is 4.79 Å². The van der Waals surface area contributed by atoms with Crippen LogP contribution in [0.1, 0.15) is 23.6 Å². The standard InChI is InChI=1S/C29H28N4O3/c1-4-7-20-8-5-6-9-24(20)19(2)33-14-15-36-27-13-11-21(16-23(27)18-33)22-10-12-25-26(17-22)31-28(30-25)32-29(34)35-3/h4-13,16-17H,2,14-15,18H2,1,3H3,(H2,30,31,32,34)/b7-4-. The first-order valence-electron chi connectivity index (χ1n) is 11.8. The molecule has 1 amide bonds. The number of hydrogen-bond acceptors (Lipinski definition) is 5. The maximum absolute atomic E-state index is 11.5. The first-order chi connectivity index (χ1) is 17.6. The minimum atomic E-state index is -0.570. The van der Waals surface area contributed by atoms with Crippen molar-refractivity contribution >= 4 is 34.8 Å². The van der Waals surface area contributed by atoms with E-state index in [1.807, 2.05) is 49.4 Å². The number of imidazole rings is 1. The predicted octanol–water partition coefficient (Wildman–Crippen LogP) is 6.31. The number of carbonyl (C=O) groups is 1. The number of ether oxygens (including phenoxy) is 2. The van der Waals surface area contributed by atoms with Crippen molar-refractivity contribution in [3.8, 4) is 16.9 Å². The molecule has 0 radical (unpaired) electrons. The fourth-order valence-electron chi connectivity index (χ4n) is 4.46. The van der Waals surface area contributed by atoms with E-state index in [1.54, 1.807) is 0 Å². The normalized spacial score (nSPS) is 13.2. The second-order valence-electron chi connectivity index (χ2n) is 8.56. The molecule has 3 aromatic carbocycles. The van der Waals surface area contributed by atoms with Gasteiger partial charge in [0.05, 0.1) is 24.7 Å². The number of allylic oxidation sites excluding steroid dienone is 1. The van der Waals surface area contributed by atoms with Crippen molar-refractivity contribution < 1.29 is 14.3 Å². The van der Waals surface area contributed by atoms with Gasteiger partial charge in [-0.3, -0.25) is 5.32 Å². The summed E-state index contributed by atoms with van der Waals surface area (Å²) in [6.45, 7) is 8.50. The van der Waals surface area contributed by atoms with Crippen LogP contribution in [0.25, 0.3) is 33.9 Å². The van der Waals surface area contributed by atoms with Crippen LogP contribution in [-0.4, -0.2) is 41.2 Å². The first-order valence-corrected chi connectivity index (χ1v) is 11.8. The third-order valence-electron chi connectivity index (χ3n) is 6.26. The van der Waals surface area contributed by atoms with Gasteiger partial charge in [-0.2, -0.15) is 0 Å². The van der Waals surface area contributed by atoms with E-state index in [0.717, 1.165) is 56.8 Å². The molecule has 0 unspecified atom stereocenters. The van der Waals surface area contributed by atoms with Gasteiger partial charge in [0.2, 0.25) is 5.95 Å². The Morgan fingerprint density at radius 3 is 2.81 bits per heavy atom. The number of nitrogens with zero attached hydrogens (tertiary/aromatic N) is 2. The average molecular weight is 481 g/mol. The lowest BCUT2D eigenvalue weighted by Gasteiger charge is -2.26. The number of anilines is 1. The topological polar surface area (TPSA) is 79.5 Å². The van der Waals surface area contributed by atoms with Crippen LogP contribution < -0.4 is 10.1 Å². The molecule has 5 rings (SSSR count). The third-order valence-corrected chi connectivity index (χ3v) is 6.26. The molecule has 7 nitrogen and oxygen atoms in total. The zero-order valence-electron chi connectivity index (χ0n) is 20.4. The second kappa shape index (κ2) is 10.00. The lowest BCUT2D eigenvalue weighted by Crippen LogP contribution is -2.24. The van der Waals surface area contributed by atoms with Crippen LogP contribution in [0.15, 0.2) is 73.3 Å². The number of fused-ring (bicyclic) bond motifs is 2. The minimum Gasteiger partial charge on any atom is -0.491 e. The lowest BCUT2D eigenvalue weighted by molar-refractivity contribution is 0.186. The number of aromatic amines is 1. The molecule has 2 N–H and O–H groups in total. The summed E-state index contributed by atoms with van der Waals surface area (Å²) in [5.41, 5.74) is 8.03. The quantitative estimate of drug-likeness (QED) is 0.350. The largest absolute Gasteiger partial charge is 0.491 e. The van der Waals surface area contributed by atoms with Crippen molar-refractivity contribution in [2.24, 2.45) is 0 Å². The zero-order chi connectivity index (χ0) is 25.1. The van der Waals surface area contributed by atoms with E-state index in [2.05, 4.69) is 61.8 Å². The summed E-state index contributed by atoms with van der Waals surface area (Å²) in [6, 6.07) is 20.6. The van der Waals surface area contributed by atoms with Crippen LogP contribution in [0.5, 0.6) is 5.75 Å². The van der Waals surface area contributed by atoms with Gasteiger partial charge < -0.3 is 19.4 Å². The second-order valence-corrected chi connectivity index (χ2v) is 8.56. The van der Waals surface area contributed by atoms with Gasteiger partial charge in [-0.1, -0.05) is 55.1 Å². The number of aromatic nitrogens is 2. The highest BCUT2D eigenvalue weighted by atomic mass is 16.5. The predicted molar refractivity (Wildman–Crippen MR) is 144 cm³/mol.